The Balaban J connectivity index is 1.40. The van der Waals surface area contributed by atoms with E-state index in [0.717, 1.165) is 9.78 Å². The molecule has 3 heterocycles. The second kappa shape index (κ2) is 7.65. The number of hydrogen-bond donors (Lipinski definition) is 0. The van der Waals surface area contributed by atoms with Gasteiger partial charge in [-0.3, -0.25) is 24.1 Å². The molecule has 0 N–H and O–H groups in total. The van der Waals surface area contributed by atoms with Crippen molar-refractivity contribution < 1.29 is 23.9 Å². The molecule has 1 aromatic heterocycles. The lowest BCUT2D eigenvalue weighted by molar-refractivity contribution is -0.134. The summed E-state index contributed by atoms with van der Waals surface area (Å²) < 4.78 is 5.24. The first-order valence-corrected chi connectivity index (χ1v) is 9.79. The maximum Gasteiger partial charge on any atom is 0.261 e. The standard InChI is InChI=1S/C20H18N2O5S/c23-16(12-22-19(25)14-3-1-2-4-15(14)20(22)26)17-6-5-13(28-17)11-18(24)21-7-9-27-10-8-21/h1-6H,7-12H2. The third kappa shape index (κ3) is 3.48. The second-order valence-corrected chi connectivity index (χ2v) is 7.77. The lowest BCUT2D eigenvalue weighted by atomic mass is 10.1. The minimum absolute atomic E-state index is 0.00416. The Kier molecular flexibility index (Phi) is 5.06. The number of ketones is 1. The van der Waals surface area contributed by atoms with E-state index in [1.54, 1.807) is 41.3 Å². The molecule has 7 nitrogen and oxygen atoms in total. The van der Waals surface area contributed by atoms with Crippen LogP contribution in [0.15, 0.2) is 36.4 Å². The Morgan fingerprint density at radius 2 is 1.61 bits per heavy atom. The topological polar surface area (TPSA) is 84.0 Å². The van der Waals surface area contributed by atoms with E-state index in [0.29, 0.717) is 42.3 Å². The molecule has 0 atom stereocenters. The van der Waals surface area contributed by atoms with Crippen LogP contribution in [0.3, 0.4) is 0 Å². The first kappa shape index (κ1) is 18.5. The monoisotopic (exact) mass is 398 g/mol. The first-order chi connectivity index (χ1) is 13.5. The summed E-state index contributed by atoms with van der Waals surface area (Å²) in [6, 6.07) is 9.94. The van der Waals surface area contributed by atoms with Gasteiger partial charge in [-0.15, -0.1) is 11.3 Å². The van der Waals surface area contributed by atoms with Crippen LogP contribution in [0.2, 0.25) is 0 Å². The van der Waals surface area contributed by atoms with E-state index in [4.69, 9.17) is 4.74 Å². The van der Waals surface area contributed by atoms with Gasteiger partial charge in [-0.1, -0.05) is 12.1 Å². The SMILES string of the molecule is O=C(CN1C(=O)c2ccccc2C1=O)c1ccc(CC(=O)N2CCOCC2)s1. The number of hydrogen-bond acceptors (Lipinski definition) is 6. The molecule has 1 saturated heterocycles. The van der Waals surface area contributed by atoms with Gasteiger partial charge in [0.25, 0.3) is 11.8 Å². The smallest absolute Gasteiger partial charge is 0.261 e. The van der Waals surface area contributed by atoms with Crippen molar-refractivity contribution in [2.24, 2.45) is 0 Å². The van der Waals surface area contributed by atoms with E-state index in [9.17, 15) is 19.2 Å². The van der Waals surface area contributed by atoms with E-state index in [1.807, 2.05) is 0 Å². The van der Waals surface area contributed by atoms with Crippen LogP contribution in [-0.2, 0) is 16.0 Å². The number of ether oxygens (including phenoxy) is 1. The number of fused-ring (bicyclic) bond motifs is 1. The van der Waals surface area contributed by atoms with E-state index >= 15 is 0 Å². The predicted octanol–water partition coefficient (Wildman–Crippen LogP) is 1.63. The lowest BCUT2D eigenvalue weighted by Gasteiger charge is -2.26. The molecule has 0 bridgehead atoms. The number of carbonyl (C=O) groups excluding carboxylic acids is 4. The van der Waals surface area contributed by atoms with Gasteiger partial charge in [-0.2, -0.15) is 0 Å². The summed E-state index contributed by atoms with van der Waals surface area (Å²) >= 11 is 1.23. The van der Waals surface area contributed by atoms with Crippen LogP contribution in [-0.4, -0.2) is 66.2 Å². The molecule has 1 aromatic carbocycles. The molecular formula is C20H18N2O5S. The molecule has 2 aliphatic rings. The van der Waals surface area contributed by atoms with Crippen LogP contribution < -0.4 is 0 Å². The highest BCUT2D eigenvalue weighted by atomic mass is 32.1. The third-order valence-electron chi connectivity index (χ3n) is 4.81. The predicted molar refractivity (Wildman–Crippen MR) is 102 cm³/mol. The van der Waals surface area contributed by atoms with Crippen molar-refractivity contribution in [3.05, 3.63) is 57.3 Å². The zero-order chi connectivity index (χ0) is 19.7. The Morgan fingerprint density at radius 1 is 0.964 bits per heavy atom. The van der Waals surface area contributed by atoms with Crippen molar-refractivity contribution >= 4 is 34.8 Å². The molecule has 0 spiro atoms. The zero-order valence-electron chi connectivity index (χ0n) is 15.1. The molecule has 0 radical (unpaired) electrons. The minimum atomic E-state index is -0.451. The fourth-order valence-corrected chi connectivity index (χ4v) is 4.23. The van der Waals surface area contributed by atoms with Crippen LogP contribution >= 0.6 is 11.3 Å². The van der Waals surface area contributed by atoms with Crippen LogP contribution in [0.4, 0.5) is 0 Å². The zero-order valence-corrected chi connectivity index (χ0v) is 15.9. The van der Waals surface area contributed by atoms with E-state index in [-0.39, 0.29) is 24.7 Å². The summed E-state index contributed by atoms with van der Waals surface area (Å²) in [5.41, 5.74) is 0.645. The normalized spacial score (nSPS) is 16.4. The number of benzene rings is 1. The Morgan fingerprint density at radius 3 is 2.25 bits per heavy atom. The molecule has 0 saturated carbocycles. The molecule has 28 heavy (non-hydrogen) atoms. The van der Waals surface area contributed by atoms with Gasteiger partial charge >= 0.3 is 0 Å². The number of thiophene rings is 1. The van der Waals surface area contributed by atoms with Gasteiger partial charge in [-0.25, -0.2) is 0 Å². The van der Waals surface area contributed by atoms with Crippen molar-refractivity contribution in [2.45, 2.75) is 6.42 Å². The highest BCUT2D eigenvalue weighted by Gasteiger charge is 2.36. The molecule has 2 aliphatic heterocycles. The largest absolute Gasteiger partial charge is 0.378 e. The lowest BCUT2D eigenvalue weighted by Crippen LogP contribution is -2.41. The molecule has 2 aromatic rings. The molecule has 0 unspecified atom stereocenters. The van der Waals surface area contributed by atoms with Gasteiger partial charge in [0.2, 0.25) is 5.91 Å². The number of imide groups is 1. The molecule has 3 amide bonds. The van der Waals surface area contributed by atoms with Gasteiger partial charge < -0.3 is 9.64 Å². The van der Waals surface area contributed by atoms with Gasteiger partial charge in [0, 0.05) is 18.0 Å². The van der Waals surface area contributed by atoms with Gasteiger partial charge in [0.1, 0.15) is 0 Å². The highest BCUT2D eigenvalue weighted by Crippen LogP contribution is 2.24. The molecule has 1 fully saturated rings. The van der Waals surface area contributed by atoms with Crippen LogP contribution in [0.1, 0.15) is 35.3 Å². The maximum absolute atomic E-state index is 12.6. The van der Waals surface area contributed by atoms with Crippen molar-refractivity contribution in [1.82, 2.24) is 9.80 Å². The summed E-state index contributed by atoms with van der Waals surface area (Å²) in [6.45, 7) is 1.94. The van der Waals surface area contributed by atoms with Crippen LogP contribution in [0, 0.1) is 0 Å². The summed E-state index contributed by atoms with van der Waals surface area (Å²) in [6.07, 6.45) is 0.227. The van der Waals surface area contributed by atoms with Gasteiger partial charge in [0.15, 0.2) is 5.78 Å². The van der Waals surface area contributed by atoms with E-state index in [2.05, 4.69) is 0 Å². The van der Waals surface area contributed by atoms with Gasteiger partial charge in [-0.05, 0) is 24.3 Å². The Bertz CT molecular complexity index is 926. The Hall–Kier alpha value is -2.84. The fourth-order valence-electron chi connectivity index (χ4n) is 3.30. The number of Topliss-reactive ketones (excluding diaryl/α,β-unsaturated/α-hetero) is 1. The van der Waals surface area contributed by atoms with Crippen molar-refractivity contribution in [2.75, 3.05) is 32.8 Å². The number of rotatable bonds is 5. The second-order valence-electron chi connectivity index (χ2n) is 6.60. The molecule has 8 heteroatoms. The maximum atomic E-state index is 12.6. The first-order valence-electron chi connectivity index (χ1n) is 8.97. The molecule has 144 valence electrons. The number of nitrogens with zero attached hydrogens (tertiary/aromatic N) is 2. The highest BCUT2D eigenvalue weighted by molar-refractivity contribution is 7.14. The summed E-state index contributed by atoms with van der Waals surface area (Å²) in [4.78, 5) is 53.7. The van der Waals surface area contributed by atoms with Crippen molar-refractivity contribution in [3.8, 4) is 0 Å². The Labute approximate surface area is 165 Å². The van der Waals surface area contributed by atoms with Crippen molar-refractivity contribution in [3.63, 3.8) is 0 Å². The summed E-state index contributed by atoms with van der Waals surface area (Å²) in [5, 5.41) is 0. The van der Waals surface area contributed by atoms with Crippen molar-refractivity contribution in [1.29, 1.82) is 0 Å². The van der Waals surface area contributed by atoms with E-state index in [1.165, 1.54) is 11.3 Å². The third-order valence-corrected chi connectivity index (χ3v) is 5.93. The average Bonchev–Trinajstić information content (AvgIpc) is 3.28. The molecule has 0 aliphatic carbocycles. The summed E-state index contributed by atoms with van der Waals surface area (Å²) in [5.74, 6) is -1.21. The van der Waals surface area contributed by atoms with Crippen LogP contribution in [0.25, 0.3) is 0 Å². The minimum Gasteiger partial charge on any atom is -0.378 e. The fraction of sp³-hybridized carbons (Fsp3) is 0.300. The average molecular weight is 398 g/mol. The quantitative estimate of drug-likeness (QED) is 0.565. The molecule has 4 rings (SSSR count). The number of morpholine rings is 1. The molecular weight excluding hydrogens is 380 g/mol. The number of carbonyl (C=O) groups is 4. The van der Waals surface area contributed by atoms with Crippen LogP contribution in [0.5, 0.6) is 0 Å². The summed E-state index contributed by atoms with van der Waals surface area (Å²) in [7, 11) is 0. The van der Waals surface area contributed by atoms with Gasteiger partial charge in [0.05, 0.1) is 42.2 Å². The number of amides is 3. The van der Waals surface area contributed by atoms with E-state index < -0.39 is 11.8 Å².